The van der Waals surface area contributed by atoms with Crippen LogP contribution < -0.4 is 26.2 Å². The number of hydrogen-bond acceptors (Lipinski definition) is 8. The lowest BCUT2D eigenvalue weighted by Crippen LogP contribution is -2.44. The summed E-state index contributed by atoms with van der Waals surface area (Å²) in [5.41, 5.74) is 2.60. The van der Waals surface area contributed by atoms with Gasteiger partial charge in [-0.3, -0.25) is 9.89 Å². The number of aryl methyl sites for hydroxylation is 1. The topological polar surface area (TPSA) is 123 Å². The third-order valence-corrected chi connectivity index (χ3v) is 5.47. The maximum Gasteiger partial charge on any atom is 0.231 e. The average Bonchev–Trinajstić information content (AvgIpc) is 3.58. The van der Waals surface area contributed by atoms with E-state index in [0.717, 1.165) is 61.9 Å². The summed E-state index contributed by atoms with van der Waals surface area (Å²) < 4.78 is 0. The fourth-order valence-corrected chi connectivity index (χ4v) is 3.58. The molecule has 3 aromatic rings. The number of nitrogens with zero attached hydrogens (tertiary/aromatic N) is 4. The smallest absolute Gasteiger partial charge is 0.231 e. The minimum absolute atomic E-state index is 0.0992. The highest BCUT2D eigenvalue weighted by Crippen LogP contribution is 2.30. The van der Waals surface area contributed by atoms with Crippen molar-refractivity contribution in [3.05, 3.63) is 42.1 Å². The number of anilines is 6. The molecule has 1 aliphatic heterocycles. The van der Waals surface area contributed by atoms with Gasteiger partial charge in [0.15, 0.2) is 5.82 Å². The van der Waals surface area contributed by atoms with Gasteiger partial charge in [0.05, 0.1) is 0 Å². The molecule has 2 fully saturated rings. The van der Waals surface area contributed by atoms with Crippen LogP contribution in [0.2, 0.25) is 0 Å². The van der Waals surface area contributed by atoms with Gasteiger partial charge in [-0.15, -0.1) is 0 Å². The molecule has 1 aliphatic carbocycles. The average molecular weight is 434 g/mol. The van der Waals surface area contributed by atoms with Gasteiger partial charge in [0.1, 0.15) is 11.6 Å². The summed E-state index contributed by atoms with van der Waals surface area (Å²) in [6, 6.07) is 11.5. The van der Waals surface area contributed by atoms with E-state index in [1.807, 2.05) is 43.3 Å². The molecule has 166 valence electrons. The number of amides is 1. The minimum atomic E-state index is 0.0992. The van der Waals surface area contributed by atoms with E-state index in [1.54, 1.807) is 0 Å². The van der Waals surface area contributed by atoms with Crippen LogP contribution in [0, 0.1) is 12.8 Å². The van der Waals surface area contributed by atoms with Gasteiger partial charge in [0.2, 0.25) is 11.9 Å². The molecule has 3 heterocycles. The van der Waals surface area contributed by atoms with Crippen LogP contribution in [0.5, 0.6) is 0 Å². The molecule has 1 amide bonds. The molecular formula is C22H27N9O. The highest BCUT2D eigenvalue weighted by molar-refractivity contribution is 5.94. The molecular weight excluding hydrogens is 406 g/mol. The number of hydrogen-bond donors (Lipinski definition) is 5. The SMILES string of the molecule is Cc1cc(Nc2cc(N3CCNCC3)nc(Nc3ccc(NC(=O)C4CC4)cc3)n2)n[nH]1. The Balaban J connectivity index is 1.35. The third kappa shape index (κ3) is 4.97. The second kappa shape index (κ2) is 8.83. The van der Waals surface area contributed by atoms with E-state index in [2.05, 4.69) is 41.3 Å². The fourth-order valence-electron chi connectivity index (χ4n) is 3.58. The lowest BCUT2D eigenvalue weighted by Gasteiger charge is -2.28. The maximum atomic E-state index is 12.0. The summed E-state index contributed by atoms with van der Waals surface area (Å²) in [7, 11) is 0. The van der Waals surface area contributed by atoms with Crippen molar-refractivity contribution in [3.63, 3.8) is 0 Å². The van der Waals surface area contributed by atoms with Crippen molar-refractivity contribution >= 4 is 40.7 Å². The van der Waals surface area contributed by atoms with E-state index in [4.69, 9.17) is 4.98 Å². The Kier molecular flexibility index (Phi) is 5.59. The number of H-pyrrole nitrogens is 1. The van der Waals surface area contributed by atoms with E-state index in [1.165, 1.54) is 0 Å². The number of rotatable bonds is 7. The van der Waals surface area contributed by atoms with Gasteiger partial charge in [0, 0.05) is 61.3 Å². The second-order valence-corrected chi connectivity index (χ2v) is 8.20. The van der Waals surface area contributed by atoms with Crippen LogP contribution in [0.25, 0.3) is 0 Å². The van der Waals surface area contributed by atoms with Crippen molar-refractivity contribution in [2.24, 2.45) is 5.92 Å². The maximum absolute atomic E-state index is 12.0. The molecule has 0 spiro atoms. The number of carbonyl (C=O) groups is 1. The molecule has 2 aliphatic rings. The minimum Gasteiger partial charge on any atom is -0.354 e. The first kappa shape index (κ1) is 20.3. The largest absolute Gasteiger partial charge is 0.354 e. The van der Waals surface area contributed by atoms with E-state index >= 15 is 0 Å². The van der Waals surface area contributed by atoms with E-state index in [0.29, 0.717) is 17.6 Å². The van der Waals surface area contributed by atoms with Crippen molar-refractivity contribution in [1.29, 1.82) is 0 Å². The summed E-state index contributed by atoms with van der Waals surface area (Å²) in [4.78, 5) is 23.6. The van der Waals surface area contributed by atoms with Crippen molar-refractivity contribution < 1.29 is 4.79 Å². The zero-order valence-electron chi connectivity index (χ0n) is 18.0. The monoisotopic (exact) mass is 433 g/mol. The summed E-state index contributed by atoms with van der Waals surface area (Å²) in [5.74, 6) is 2.99. The van der Waals surface area contributed by atoms with E-state index < -0.39 is 0 Å². The number of aromatic nitrogens is 4. The number of aromatic amines is 1. The number of carbonyl (C=O) groups excluding carboxylic acids is 1. The zero-order chi connectivity index (χ0) is 21.9. The van der Waals surface area contributed by atoms with Gasteiger partial charge in [-0.25, -0.2) is 0 Å². The summed E-state index contributed by atoms with van der Waals surface area (Å²) in [6.07, 6.45) is 1.97. The standard InChI is InChI=1S/C22H27N9O/c1-14-12-19(30-29-14)26-18-13-20(31-10-8-23-9-11-31)28-22(27-18)25-17-6-4-16(5-7-17)24-21(32)15-2-3-15/h4-7,12-13,15,23H,2-3,8-11H2,1H3,(H,24,32)(H3,25,26,27,28,29,30). The molecule has 1 saturated carbocycles. The summed E-state index contributed by atoms with van der Waals surface area (Å²) >= 11 is 0. The second-order valence-electron chi connectivity index (χ2n) is 8.20. The Hall–Kier alpha value is -3.66. The molecule has 0 atom stereocenters. The molecule has 0 bridgehead atoms. The lowest BCUT2D eigenvalue weighted by atomic mass is 10.2. The Labute approximate surface area is 186 Å². The van der Waals surface area contributed by atoms with Crippen molar-refractivity contribution in [2.75, 3.05) is 47.0 Å². The Morgan fingerprint density at radius 1 is 1.00 bits per heavy atom. The van der Waals surface area contributed by atoms with E-state index in [9.17, 15) is 4.79 Å². The van der Waals surface area contributed by atoms with Gasteiger partial charge >= 0.3 is 0 Å². The van der Waals surface area contributed by atoms with Crippen LogP contribution in [0.15, 0.2) is 36.4 Å². The van der Waals surface area contributed by atoms with Gasteiger partial charge < -0.3 is 26.2 Å². The summed E-state index contributed by atoms with van der Waals surface area (Å²) in [6.45, 7) is 5.55. The quantitative estimate of drug-likeness (QED) is 0.385. The van der Waals surface area contributed by atoms with Crippen molar-refractivity contribution in [3.8, 4) is 0 Å². The van der Waals surface area contributed by atoms with Crippen LogP contribution in [0.1, 0.15) is 18.5 Å². The Morgan fingerprint density at radius 2 is 1.75 bits per heavy atom. The summed E-state index contributed by atoms with van der Waals surface area (Å²) in [5, 5.41) is 20.0. The molecule has 10 heteroatoms. The predicted molar refractivity (Wildman–Crippen MR) is 125 cm³/mol. The lowest BCUT2D eigenvalue weighted by molar-refractivity contribution is -0.117. The molecule has 1 saturated heterocycles. The zero-order valence-corrected chi connectivity index (χ0v) is 18.0. The molecule has 32 heavy (non-hydrogen) atoms. The molecule has 0 unspecified atom stereocenters. The Morgan fingerprint density at radius 3 is 2.44 bits per heavy atom. The van der Waals surface area contributed by atoms with Crippen LogP contribution in [0.4, 0.5) is 34.8 Å². The van der Waals surface area contributed by atoms with Crippen LogP contribution in [0.3, 0.4) is 0 Å². The predicted octanol–water partition coefficient (Wildman–Crippen LogP) is 2.75. The van der Waals surface area contributed by atoms with Crippen molar-refractivity contribution in [2.45, 2.75) is 19.8 Å². The molecule has 10 nitrogen and oxygen atoms in total. The van der Waals surface area contributed by atoms with Crippen molar-refractivity contribution in [1.82, 2.24) is 25.5 Å². The van der Waals surface area contributed by atoms with Gasteiger partial charge in [-0.1, -0.05) is 0 Å². The van der Waals surface area contributed by atoms with Crippen LogP contribution >= 0.6 is 0 Å². The Bertz CT molecular complexity index is 1090. The first-order chi connectivity index (χ1) is 15.6. The first-order valence-electron chi connectivity index (χ1n) is 10.9. The fraction of sp³-hybridized carbons (Fsp3) is 0.364. The highest BCUT2D eigenvalue weighted by atomic mass is 16.2. The van der Waals surface area contributed by atoms with Crippen LogP contribution in [-0.4, -0.2) is 52.3 Å². The third-order valence-electron chi connectivity index (χ3n) is 5.47. The highest BCUT2D eigenvalue weighted by Gasteiger charge is 2.29. The normalized spacial score (nSPS) is 16.0. The molecule has 5 rings (SSSR count). The van der Waals surface area contributed by atoms with Gasteiger partial charge in [-0.05, 0) is 44.0 Å². The van der Waals surface area contributed by atoms with Gasteiger partial charge in [-0.2, -0.15) is 15.1 Å². The van der Waals surface area contributed by atoms with Gasteiger partial charge in [0.25, 0.3) is 0 Å². The number of nitrogens with one attached hydrogen (secondary N) is 5. The molecule has 5 N–H and O–H groups in total. The molecule has 2 aromatic heterocycles. The van der Waals surface area contributed by atoms with E-state index in [-0.39, 0.29) is 11.8 Å². The molecule has 0 radical (unpaired) electrons. The number of benzene rings is 1. The first-order valence-corrected chi connectivity index (χ1v) is 10.9. The van der Waals surface area contributed by atoms with Crippen LogP contribution in [-0.2, 0) is 4.79 Å². The molecule has 1 aromatic carbocycles. The number of piperazine rings is 1.